The monoisotopic (exact) mass is 381 g/mol. The summed E-state index contributed by atoms with van der Waals surface area (Å²) >= 11 is 6.50. The van der Waals surface area contributed by atoms with Crippen molar-refractivity contribution in [3.05, 3.63) is 64.7 Å². The van der Waals surface area contributed by atoms with Crippen molar-refractivity contribution in [2.75, 3.05) is 0 Å². The Kier molecular flexibility index (Phi) is 4.65. The number of hydrogen-bond acceptors (Lipinski definition) is 2. The van der Waals surface area contributed by atoms with E-state index in [0.29, 0.717) is 17.2 Å². The molecule has 0 heterocycles. The van der Waals surface area contributed by atoms with E-state index in [1.54, 1.807) is 0 Å². The van der Waals surface area contributed by atoms with Crippen LogP contribution in [-0.4, -0.2) is 5.54 Å². The number of halogens is 1. The van der Waals surface area contributed by atoms with E-state index in [4.69, 9.17) is 16.3 Å². The number of benzene rings is 2. The van der Waals surface area contributed by atoms with Crippen LogP contribution < -0.4 is 10.1 Å². The van der Waals surface area contributed by atoms with Gasteiger partial charge >= 0.3 is 0 Å². The van der Waals surface area contributed by atoms with E-state index in [-0.39, 0.29) is 0 Å². The lowest BCUT2D eigenvalue weighted by Crippen LogP contribution is -2.58. The van der Waals surface area contributed by atoms with Gasteiger partial charge in [-0.05, 0) is 79.5 Å². The Morgan fingerprint density at radius 3 is 2.19 bits per heavy atom. The Bertz CT molecular complexity index is 768. The van der Waals surface area contributed by atoms with E-state index in [1.165, 1.54) is 44.1 Å². The summed E-state index contributed by atoms with van der Waals surface area (Å²) in [7, 11) is 0. The Hall–Kier alpha value is -1.51. The summed E-state index contributed by atoms with van der Waals surface area (Å²) in [6.07, 6.45) is 8.60. The molecule has 2 aromatic rings. The molecule has 0 radical (unpaired) electrons. The molecule has 0 unspecified atom stereocenters. The van der Waals surface area contributed by atoms with E-state index in [1.807, 2.05) is 24.3 Å². The first-order chi connectivity index (χ1) is 13.2. The molecule has 0 aliphatic heterocycles. The summed E-state index contributed by atoms with van der Waals surface area (Å²) in [4.78, 5) is 0. The molecule has 4 fully saturated rings. The number of ether oxygens (including phenoxy) is 1. The third-order valence-corrected chi connectivity index (χ3v) is 7.23. The maximum Gasteiger partial charge on any atom is 0.138 e. The average Bonchev–Trinajstić information content (AvgIpc) is 2.65. The summed E-state index contributed by atoms with van der Waals surface area (Å²) in [5.41, 5.74) is 2.80. The van der Waals surface area contributed by atoms with Gasteiger partial charge in [0.15, 0.2) is 0 Å². The number of rotatable bonds is 6. The van der Waals surface area contributed by atoms with Crippen LogP contribution >= 0.6 is 11.6 Å². The van der Waals surface area contributed by atoms with Gasteiger partial charge in [-0.15, -0.1) is 0 Å². The molecule has 0 saturated heterocycles. The highest BCUT2D eigenvalue weighted by Crippen LogP contribution is 2.55. The summed E-state index contributed by atoms with van der Waals surface area (Å²) in [5.74, 6) is 3.68. The van der Waals surface area contributed by atoms with Crippen LogP contribution in [0.2, 0.25) is 5.02 Å². The van der Waals surface area contributed by atoms with Crippen molar-refractivity contribution in [3.63, 3.8) is 0 Å². The van der Waals surface area contributed by atoms with E-state index < -0.39 is 0 Å². The lowest BCUT2D eigenvalue weighted by atomic mass is 9.53. The van der Waals surface area contributed by atoms with Crippen molar-refractivity contribution >= 4 is 11.6 Å². The lowest BCUT2D eigenvalue weighted by Gasteiger charge is -2.57. The molecule has 0 aromatic heterocycles. The predicted molar refractivity (Wildman–Crippen MR) is 110 cm³/mol. The van der Waals surface area contributed by atoms with Crippen LogP contribution in [-0.2, 0) is 13.2 Å². The van der Waals surface area contributed by atoms with Gasteiger partial charge in [-0.2, -0.15) is 0 Å². The summed E-state index contributed by atoms with van der Waals surface area (Å²) in [6, 6.07) is 16.4. The van der Waals surface area contributed by atoms with Crippen LogP contribution in [0.5, 0.6) is 5.75 Å². The Labute approximate surface area is 167 Å². The van der Waals surface area contributed by atoms with Crippen LogP contribution in [0, 0.1) is 17.8 Å². The van der Waals surface area contributed by atoms with Gasteiger partial charge in [0.05, 0.1) is 5.02 Å². The highest BCUT2D eigenvalue weighted by atomic mass is 35.5. The van der Waals surface area contributed by atoms with Crippen molar-refractivity contribution in [1.29, 1.82) is 0 Å². The zero-order chi connectivity index (χ0) is 18.3. The van der Waals surface area contributed by atoms with E-state index >= 15 is 0 Å². The van der Waals surface area contributed by atoms with Crippen LogP contribution in [0.25, 0.3) is 0 Å². The Morgan fingerprint density at radius 1 is 0.889 bits per heavy atom. The van der Waals surface area contributed by atoms with E-state index in [2.05, 4.69) is 29.6 Å². The summed E-state index contributed by atoms with van der Waals surface area (Å²) < 4.78 is 5.90. The van der Waals surface area contributed by atoms with Gasteiger partial charge in [0, 0.05) is 12.1 Å². The van der Waals surface area contributed by atoms with Crippen molar-refractivity contribution in [2.24, 2.45) is 17.8 Å². The van der Waals surface area contributed by atoms with Crippen LogP contribution in [0.3, 0.4) is 0 Å². The molecule has 142 valence electrons. The minimum atomic E-state index is 0.393. The van der Waals surface area contributed by atoms with Crippen LogP contribution in [0.1, 0.15) is 49.7 Å². The maximum absolute atomic E-state index is 6.50. The zero-order valence-corrected chi connectivity index (χ0v) is 16.5. The van der Waals surface area contributed by atoms with Crippen LogP contribution in [0.15, 0.2) is 48.5 Å². The standard InChI is InChI=1S/C24H28ClNO/c25-22-11-18(6-7-23(22)27-16-17-4-2-1-3-5-17)15-26-24-12-19-8-20(13-24)10-21(9-19)14-24/h1-7,11,19-21,26H,8-10,12-16H2. The van der Waals surface area contributed by atoms with E-state index in [9.17, 15) is 0 Å². The highest BCUT2D eigenvalue weighted by Gasteiger charge is 2.50. The molecule has 0 atom stereocenters. The molecular weight excluding hydrogens is 354 g/mol. The number of nitrogens with one attached hydrogen (secondary N) is 1. The fourth-order valence-corrected chi connectivity index (χ4v) is 6.38. The van der Waals surface area contributed by atoms with Crippen molar-refractivity contribution < 1.29 is 4.74 Å². The summed E-state index contributed by atoms with van der Waals surface area (Å²) in [6.45, 7) is 1.45. The first-order valence-electron chi connectivity index (χ1n) is 10.4. The molecule has 2 aromatic carbocycles. The molecule has 4 saturated carbocycles. The first kappa shape index (κ1) is 17.6. The van der Waals surface area contributed by atoms with Gasteiger partial charge in [-0.3, -0.25) is 0 Å². The lowest BCUT2D eigenvalue weighted by molar-refractivity contribution is -0.0206. The Balaban J connectivity index is 1.21. The molecule has 1 N–H and O–H groups in total. The molecule has 0 spiro atoms. The third-order valence-electron chi connectivity index (χ3n) is 6.94. The zero-order valence-electron chi connectivity index (χ0n) is 15.8. The second kappa shape index (κ2) is 7.14. The van der Waals surface area contributed by atoms with Gasteiger partial charge < -0.3 is 10.1 Å². The molecule has 4 aliphatic carbocycles. The summed E-state index contributed by atoms with van der Waals surface area (Å²) in [5, 5.41) is 4.65. The van der Waals surface area contributed by atoms with Gasteiger partial charge in [-0.25, -0.2) is 0 Å². The molecule has 6 rings (SSSR count). The van der Waals surface area contributed by atoms with Gasteiger partial charge in [0.2, 0.25) is 0 Å². The second-order valence-corrected chi connectivity index (χ2v) is 9.50. The first-order valence-corrected chi connectivity index (χ1v) is 10.8. The second-order valence-electron chi connectivity index (χ2n) is 9.09. The normalized spacial score (nSPS) is 31.2. The molecular formula is C24H28ClNO. The quantitative estimate of drug-likeness (QED) is 0.664. The minimum absolute atomic E-state index is 0.393. The largest absolute Gasteiger partial charge is 0.487 e. The van der Waals surface area contributed by atoms with Crippen molar-refractivity contribution in [2.45, 2.75) is 57.2 Å². The average molecular weight is 382 g/mol. The number of hydrogen-bond donors (Lipinski definition) is 1. The van der Waals surface area contributed by atoms with Crippen LogP contribution in [0.4, 0.5) is 0 Å². The molecule has 4 bridgehead atoms. The Morgan fingerprint density at radius 2 is 1.56 bits per heavy atom. The highest BCUT2D eigenvalue weighted by molar-refractivity contribution is 6.32. The van der Waals surface area contributed by atoms with Gasteiger partial charge in [-0.1, -0.05) is 48.0 Å². The molecule has 3 heteroatoms. The van der Waals surface area contributed by atoms with Crippen molar-refractivity contribution in [1.82, 2.24) is 5.32 Å². The molecule has 4 aliphatic rings. The minimum Gasteiger partial charge on any atom is -0.487 e. The molecule has 27 heavy (non-hydrogen) atoms. The predicted octanol–water partition coefficient (Wildman–Crippen LogP) is 5.98. The molecule has 0 amide bonds. The maximum atomic E-state index is 6.50. The van der Waals surface area contributed by atoms with Gasteiger partial charge in [0.25, 0.3) is 0 Å². The molecule has 2 nitrogen and oxygen atoms in total. The SMILES string of the molecule is Clc1cc(CNC23CC4CC(CC(C4)C2)C3)ccc1OCc1ccccc1. The van der Waals surface area contributed by atoms with Crippen molar-refractivity contribution in [3.8, 4) is 5.75 Å². The fraction of sp³-hybridized carbons (Fsp3) is 0.500. The fourth-order valence-electron chi connectivity index (χ4n) is 6.12. The van der Waals surface area contributed by atoms with E-state index in [0.717, 1.165) is 35.6 Å². The van der Waals surface area contributed by atoms with Gasteiger partial charge in [0.1, 0.15) is 12.4 Å². The third kappa shape index (κ3) is 3.75. The smallest absolute Gasteiger partial charge is 0.138 e. The topological polar surface area (TPSA) is 21.3 Å².